The number of rotatable bonds is 6. The van der Waals surface area contributed by atoms with Crippen molar-refractivity contribution in [2.24, 2.45) is 5.10 Å². The van der Waals surface area contributed by atoms with Crippen LogP contribution in [0, 0.1) is 0 Å². The largest absolute Gasteiger partial charge is 0.573 e. The second-order valence-corrected chi connectivity index (χ2v) is 8.04. The summed E-state index contributed by atoms with van der Waals surface area (Å²) in [6, 6.07) is 5.16. The highest BCUT2D eigenvalue weighted by Crippen LogP contribution is 2.23. The Hall–Kier alpha value is -3.15. The minimum absolute atomic E-state index is 0.0656. The molecule has 3 amide bonds. The zero-order chi connectivity index (χ0) is 24.2. The molecule has 12 heteroatoms. The van der Waals surface area contributed by atoms with E-state index >= 15 is 0 Å². The van der Waals surface area contributed by atoms with Crippen LogP contribution in [-0.2, 0) is 25.7 Å². The molecule has 1 N–H and O–H groups in total. The monoisotopic (exact) mass is 470 g/mol. The SMILES string of the molecule is CC(C)N1C[C@H](OCc2ccc(OC(F)(F)F)cc2)CN(C(=O)C2=NNC(=O)CC2)CC1=O. The van der Waals surface area contributed by atoms with Crippen molar-refractivity contribution in [2.45, 2.75) is 51.8 Å². The lowest BCUT2D eigenvalue weighted by molar-refractivity contribution is -0.274. The minimum atomic E-state index is -4.77. The molecule has 1 atom stereocenters. The maximum Gasteiger partial charge on any atom is 0.573 e. The number of hydrazone groups is 1. The quantitative estimate of drug-likeness (QED) is 0.684. The van der Waals surface area contributed by atoms with Crippen molar-refractivity contribution < 1.29 is 37.0 Å². The number of hydrogen-bond donors (Lipinski definition) is 1. The average molecular weight is 470 g/mol. The number of carbonyl (C=O) groups excluding carboxylic acids is 3. The third kappa shape index (κ3) is 6.91. The molecule has 1 aromatic rings. The molecule has 0 aliphatic carbocycles. The molecule has 0 unspecified atom stereocenters. The molecular formula is C21H25F3N4O5. The Kier molecular flexibility index (Phi) is 7.57. The second kappa shape index (κ2) is 10.2. The van der Waals surface area contributed by atoms with Crippen LogP contribution in [0.25, 0.3) is 0 Å². The minimum Gasteiger partial charge on any atom is -0.406 e. The summed E-state index contributed by atoms with van der Waals surface area (Å²) in [6.45, 7) is 4.00. The zero-order valence-corrected chi connectivity index (χ0v) is 18.2. The maximum atomic E-state index is 12.9. The lowest BCUT2D eigenvalue weighted by Gasteiger charge is -2.27. The number of carbonyl (C=O) groups is 3. The molecule has 33 heavy (non-hydrogen) atoms. The molecule has 180 valence electrons. The van der Waals surface area contributed by atoms with Gasteiger partial charge in [0.15, 0.2) is 0 Å². The molecule has 9 nitrogen and oxygen atoms in total. The van der Waals surface area contributed by atoms with Crippen LogP contribution in [0.3, 0.4) is 0 Å². The fraction of sp³-hybridized carbons (Fsp3) is 0.524. The molecule has 2 aliphatic rings. The summed E-state index contributed by atoms with van der Waals surface area (Å²) < 4.78 is 46.8. The van der Waals surface area contributed by atoms with Gasteiger partial charge in [-0.2, -0.15) is 5.10 Å². The molecule has 1 saturated heterocycles. The van der Waals surface area contributed by atoms with Crippen LogP contribution < -0.4 is 10.2 Å². The normalized spacial score (nSPS) is 19.8. The predicted molar refractivity (Wildman–Crippen MR) is 110 cm³/mol. The van der Waals surface area contributed by atoms with Gasteiger partial charge in [-0.25, -0.2) is 5.43 Å². The van der Waals surface area contributed by atoms with E-state index in [0.717, 1.165) is 0 Å². The second-order valence-electron chi connectivity index (χ2n) is 8.04. The summed E-state index contributed by atoms with van der Waals surface area (Å²) in [5, 5.41) is 3.82. The number of halogens is 3. The van der Waals surface area contributed by atoms with E-state index in [0.29, 0.717) is 5.56 Å². The van der Waals surface area contributed by atoms with Gasteiger partial charge in [-0.05, 0) is 31.5 Å². The van der Waals surface area contributed by atoms with Gasteiger partial charge >= 0.3 is 6.36 Å². The maximum absolute atomic E-state index is 12.9. The van der Waals surface area contributed by atoms with Gasteiger partial charge in [0.1, 0.15) is 18.0 Å². The summed E-state index contributed by atoms with van der Waals surface area (Å²) in [7, 11) is 0. The van der Waals surface area contributed by atoms with Crippen molar-refractivity contribution in [3.8, 4) is 5.75 Å². The van der Waals surface area contributed by atoms with Crippen LogP contribution in [0.2, 0.25) is 0 Å². The van der Waals surface area contributed by atoms with Crippen LogP contribution in [0.1, 0.15) is 32.3 Å². The van der Waals surface area contributed by atoms with Crippen LogP contribution in [0.15, 0.2) is 29.4 Å². The van der Waals surface area contributed by atoms with Crippen LogP contribution in [-0.4, -0.2) is 71.4 Å². The van der Waals surface area contributed by atoms with Crippen molar-refractivity contribution >= 4 is 23.4 Å². The van der Waals surface area contributed by atoms with Crippen LogP contribution in [0.4, 0.5) is 13.2 Å². The molecule has 0 aromatic heterocycles. The number of nitrogens with one attached hydrogen (secondary N) is 1. The summed E-state index contributed by atoms with van der Waals surface area (Å²) in [6.07, 6.45) is -4.99. The van der Waals surface area contributed by atoms with Crippen molar-refractivity contribution in [1.82, 2.24) is 15.2 Å². The molecule has 0 radical (unpaired) electrons. The lowest BCUT2D eigenvalue weighted by atomic mass is 10.1. The Morgan fingerprint density at radius 3 is 2.45 bits per heavy atom. The highest BCUT2D eigenvalue weighted by atomic mass is 19.4. The van der Waals surface area contributed by atoms with Crippen molar-refractivity contribution in [2.75, 3.05) is 19.6 Å². The molecule has 2 aliphatic heterocycles. The summed E-state index contributed by atoms with van der Waals surface area (Å²) in [5.74, 6) is -1.30. The third-order valence-electron chi connectivity index (χ3n) is 5.18. The summed E-state index contributed by atoms with van der Waals surface area (Å²) in [5.41, 5.74) is 3.05. The van der Waals surface area contributed by atoms with Gasteiger partial charge in [-0.15, -0.1) is 13.2 Å². The van der Waals surface area contributed by atoms with Gasteiger partial charge in [0.25, 0.3) is 5.91 Å². The Bertz CT molecular complexity index is 917. The van der Waals surface area contributed by atoms with E-state index in [9.17, 15) is 27.6 Å². The van der Waals surface area contributed by atoms with Crippen LogP contribution in [0.5, 0.6) is 5.75 Å². The van der Waals surface area contributed by atoms with Crippen molar-refractivity contribution in [1.29, 1.82) is 0 Å². The first-order valence-corrected chi connectivity index (χ1v) is 10.4. The summed E-state index contributed by atoms with van der Waals surface area (Å²) >= 11 is 0. The average Bonchev–Trinajstić information content (AvgIpc) is 2.91. The molecular weight excluding hydrogens is 445 g/mol. The van der Waals surface area contributed by atoms with E-state index in [1.165, 1.54) is 29.2 Å². The first-order valence-electron chi connectivity index (χ1n) is 10.4. The molecule has 0 spiro atoms. The van der Waals surface area contributed by atoms with E-state index in [-0.39, 0.29) is 68.4 Å². The van der Waals surface area contributed by atoms with E-state index in [4.69, 9.17) is 4.74 Å². The standard InChI is InChI=1S/C21H25F3N4O5/c1-13(2)28-10-16(32-12-14-3-5-15(6-4-14)33-21(22,23)24)9-27(11-19(28)30)20(31)17-7-8-18(29)26-25-17/h3-6,13,16H,7-12H2,1-2H3,(H,26,29)/t16-/m1/s1. The van der Waals surface area contributed by atoms with Gasteiger partial charge in [-0.3, -0.25) is 14.4 Å². The van der Waals surface area contributed by atoms with E-state index in [1.807, 2.05) is 13.8 Å². The topological polar surface area (TPSA) is 101 Å². The first-order chi connectivity index (χ1) is 15.5. The number of nitrogens with zero attached hydrogens (tertiary/aromatic N) is 3. The van der Waals surface area contributed by atoms with E-state index in [1.54, 1.807) is 4.90 Å². The number of alkyl halides is 3. The molecule has 1 aromatic carbocycles. The number of ether oxygens (including phenoxy) is 2. The van der Waals surface area contributed by atoms with Crippen LogP contribution >= 0.6 is 0 Å². The Balaban J connectivity index is 1.69. The molecule has 1 fully saturated rings. The zero-order valence-electron chi connectivity index (χ0n) is 18.2. The molecule has 2 heterocycles. The van der Waals surface area contributed by atoms with Gasteiger partial charge < -0.3 is 19.3 Å². The molecule has 0 bridgehead atoms. The fourth-order valence-electron chi connectivity index (χ4n) is 3.51. The number of hydrogen-bond acceptors (Lipinski definition) is 6. The molecule has 0 saturated carbocycles. The highest BCUT2D eigenvalue weighted by molar-refractivity contribution is 6.39. The highest BCUT2D eigenvalue weighted by Gasteiger charge is 2.34. The number of amides is 3. The smallest absolute Gasteiger partial charge is 0.406 e. The fourth-order valence-corrected chi connectivity index (χ4v) is 3.51. The van der Waals surface area contributed by atoms with Crippen molar-refractivity contribution in [3.05, 3.63) is 29.8 Å². The Morgan fingerprint density at radius 1 is 1.18 bits per heavy atom. The first kappa shape index (κ1) is 24.5. The van der Waals surface area contributed by atoms with Gasteiger partial charge in [0.2, 0.25) is 11.8 Å². The Labute approximate surface area is 188 Å². The lowest BCUT2D eigenvalue weighted by Crippen LogP contribution is -2.45. The van der Waals surface area contributed by atoms with E-state index < -0.39 is 18.4 Å². The molecule has 3 rings (SSSR count). The van der Waals surface area contributed by atoms with E-state index in [2.05, 4.69) is 15.3 Å². The summed E-state index contributed by atoms with van der Waals surface area (Å²) in [4.78, 5) is 39.9. The predicted octanol–water partition coefficient (Wildman–Crippen LogP) is 1.82. The number of benzene rings is 1. The van der Waals surface area contributed by atoms with Gasteiger partial charge in [0, 0.05) is 32.0 Å². The van der Waals surface area contributed by atoms with Gasteiger partial charge in [-0.1, -0.05) is 12.1 Å². The van der Waals surface area contributed by atoms with Crippen molar-refractivity contribution in [3.63, 3.8) is 0 Å². The third-order valence-corrected chi connectivity index (χ3v) is 5.18. The Morgan fingerprint density at radius 2 is 1.88 bits per heavy atom. The van der Waals surface area contributed by atoms with Gasteiger partial charge in [0.05, 0.1) is 12.7 Å².